The number of nitrogens with one attached hydrogen (secondary N) is 1. The van der Waals surface area contributed by atoms with Crippen molar-refractivity contribution in [2.45, 2.75) is 0 Å². The highest BCUT2D eigenvalue weighted by molar-refractivity contribution is 5.94. The molecule has 3 nitrogen and oxygen atoms in total. The summed E-state index contributed by atoms with van der Waals surface area (Å²) < 4.78 is 0. The molecule has 9 heavy (non-hydrogen) atoms. The third kappa shape index (κ3) is 2.66. The van der Waals surface area contributed by atoms with E-state index in [0.717, 1.165) is 0 Å². The molecule has 0 unspecified atom stereocenters. The predicted molar refractivity (Wildman–Crippen MR) is 34.5 cm³/mol. The van der Waals surface area contributed by atoms with Crippen molar-refractivity contribution in [3.8, 4) is 0 Å². The van der Waals surface area contributed by atoms with Crippen molar-refractivity contribution in [1.82, 2.24) is 5.48 Å². The lowest BCUT2D eigenvalue weighted by Gasteiger charge is -1.98. The summed E-state index contributed by atoms with van der Waals surface area (Å²) in [4.78, 5) is 14.9. The Morgan fingerprint density at radius 2 is 2.33 bits per heavy atom. The summed E-state index contributed by atoms with van der Waals surface area (Å²) in [5, 5.41) is 0. The zero-order chi connectivity index (χ0) is 7.28. The standard InChI is InChI=1S/C6H9NO2/c1-4-5(2)6(8)7-9-3/h4H,1-2H2,3H3,(H,7,8). The third-order valence-corrected chi connectivity index (χ3v) is 0.733. The van der Waals surface area contributed by atoms with Crippen LogP contribution in [0.1, 0.15) is 0 Å². The first-order valence-corrected chi connectivity index (χ1v) is 2.37. The molecule has 1 N–H and O–H groups in total. The minimum absolute atomic E-state index is 0.289. The van der Waals surface area contributed by atoms with Crippen LogP contribution in [-0.2, 0) is 9.63 Å². The number of amides is 1. The maximum absolute atomic E-state index is 10.6. The van der Waals surface area contributed by atoms with Gasteiger partial charge in [0.25, 0.3) is 5.91 Å². The SMILES string of the molecule is C=CC(=C)C(=O)NOC. The fraction of sp³-hybridized carbons (Fsp3) is 0.167. The van der Waals surface area contributed by atoms with Gasteiger partial charge >= 0.3 is 0 Å². The second-order valence-corrected chi connectivity index (χ2v) is 1.36. The fourth-order valence-electron chi connectivity index (χ4n) is 0.251. The minimum atomic E-state index is -0.368. The first-order chi connectivity index (χ1) is 4.22. The molecule has 0 saturated carbocycles. The monoisotopic (exact) mass is 127 g/mol. The summed E-state index contributed by atoms with van der Waals surface area (Å²) in [5.74, 6) is -0.368. The van der Waals surface area contributed by atoms with Gasteiger partial charge in [-0.15, -0.1) is 0 Å². The molecule has 50 valence electrons. The topological polar surface area (TPSA) is 38.3 Å². The first-order valence-electron chi connectivity index (χ1n) is 2.37. The van der Waals surface area contributed by atoms with Gasteiger partial charge in [-0.2, -0.15) is 0 Å². The lowest BCUT2D eigenvalue weighted by atomic mass is 10.3. The van der Waals surface area contributed by atoms with Crippen LogP contribution in [0, 0.1) is 0 Å². The van der Waals surface area contributed by atoms with E-state index in [2.05, 4.69) is 23.5 Å². The average Bonchev–Trinajstić information content (AvgIpc) is 1.87. The summed E-state index contributed by atoms with van der Waals surface area (Å²) in [6.45, 7) is 6.73. The van der Waals surface area contributed by atoms with Gasteiger partial charge in [-0.1, -0.05) is 19.2 Å². The van der Waals surface area contributed by atoms with Crippen LogP contribution < -0.4 is 5.48 Å². The van der Waals surface area contributed by atoms with E-state index in [1.165, 1.54) is 13.2 Å². The second-order valence-electron chi connectivity index (χ2n) is 1.36. The van der Waals surface area contributed by atoms with E-state index < -0.39 is 0 Å². The normalized spacial score (nSPS) is 8.11. The molecule has 0 aliphatic carbocycles. The maximum atomic E-state index is 10.6. The highest BCUT2D eigenvalue weighted by atomic mass is 16.6. The Bertz CT molecular complexity index is 140. The van der Waals surface area contributed by atoms with Gasteiger partial charge in [0.15, 0.2) is 0 Å². The van der Waals surface area contributed by atoms with E-state index >= 15 is 0 Å². The van der Waals surface area contributed by atoms with Crippen LogP contribution in [0.2, 0.25) is 0 Å². The van der Waals surface area contributed by atoms with E-state index in [4.69, 9.17) is 0 Å². The molecule has 0 aromatic rings. The molecular weight excluding hydrogens is 118 g/mol. The molecule has 3 heteroatoms. The number of carbonyl (C=O) groups excluding carboxylic acids is 1. The lowest BCUT2D eigenvalue weighted by molar-refractivity contribution is -0.126. The van der Waals surface area contributed by atoms with Gasteiger partial charge in [0.05, 0.1) is 7.11 Å². The second kappa shape index (κ2) is 3.86. The molecule has 0 radical (unpaired) electrons. The minimum Gasteiger partial charge on any atom is -0.277 e. The van der Waals surface area contributed by atoms with Crippen molar-refractivity contribution < 1.29 is 9.63 Å². The molecule has 0 aromatic heterocycles. The van der Waals surface area contributed by atoms with Crippen LogP contribution in [0.3, 0.4) is 0 Å². The Morgan fingerprint density at radius 1 is 1.78 bits per heavy atom. The zero-order valence-corrected chi connectivity index (χ0v) is 5.31. The van der Waals surface area contributed by atoms with Crippen LogP contribution in [-0.4, -0.2) is 13.0 Å². The molecule has 0 atom stereocenters. The van der Waals surface area contributed by atoms with Crippen molar-refractivity contribution in [3.05, 3.63) is 24.8 Å². The van der Waals surface area contributed by atoms with Crippen molar-refractivity contribution in [2.24, 2.45) is 0 Å². The van der Waals surface area contributed by atoms with Gasteiger partial charge in [0.2, 0.25) is 0 Å². The summed E-state index contributed by atoms with van der Waals surface area (Å²) in [5.41, 5.74) is 2.38. The van der Waals surface area contributed by atoms with Crippen LogP contribution >= 0.6 is 0 Å². The van der Waals surface area contributed by atoms with Gasteiger partial charge < -0.3 is 0 Å². The molecule has 0 aromatic carbocycles. The summed E-state index contributed by atoms with van der Waals surface area (Å²) in [6.07, 6.45) is 1.36. The number of carbonyl (C=O) groups is 1. The highest BCUT2D eigenvalue weighted by Crippen LogP contribution is 1.88. The van der Waals surface area contributed by atoms with Crippen LogP contribution in [0.15, 0.2) is 24.8 Å². The third-order valence-electron chi connectivity index (χ3n) is 0.733. The molecule has 0 spiro atoms. The fourth-order valence-corrected chi connectivity index (χ4v) is 0.251. The van der Waals surface area contributed by atoms with Crippen LogP contribution in [0.25, 0.3) is 0 Å². The Labute approximate surface area is 54.0 Å². The molecule has 0 fully saturated rings. The molecule has 0 bridgehead atoms. The lowest BCUT2D eigenvalue weighted by Crippen LogP contribution is -2.22. The molecular formula is C6H9NO2. The van der Waals surface area contributed by atoms with E-state index in [0.29, 0.717) is 0 Å². The molecule has 0 aliphatic heterocycles. The first kappa shape index (κ1) is 7.91. The Kier molecular flexibility index (Phi) is 3.39. The van der Waals surface area contributed by atoms with Crippen molar-refractivity contribution >= 4 is 5.91 Å². The summed E-state index contributed by atoms with van der Waals surface area (Å²) >= 11 is 0. The van der Waals surface area contributed by atoms with Crippen LogP contribution in [0.5, 0.6) is 0 Å². The summed E-state index contributed by atoms with van der Waals surface area (Å²) in [6, 6.07) is 0. The molecule has 1 amide bonds. The van der Waals surface area contributed by atoms with Crippen molar-refractivity contribution in [3.63, 3.8) is 0 Å². The van der Waals surface area contributed by atoms with Gasteiger partial charge in [0.1, 0.15) is 0 Å². The molecule has 0 aliphatic rings. The predicted octanol–water partition coefficient (Wildman–Crippen LogP) is 0.406. The number of hydrogen-bond acceptors (Lipinski definition) is 2. The Hall–Kier alpha value is -1.09. The molecule has 0 saturated heterocycles. The number of hydrogen-bond donors (Lipinski definition) is 1. The maximum Gasteiger partial charge on any atom is 0.274 e. The smallest absolute Gasteiger partial charge is 0.274 e. The Morgan fingerprint density at radius 3 is 2.67 bits per heavy atom. The number of hydroxylamine groups is 1. The van der Waals surface area contributed by atoms with Crippen molar-refractivity contribution in [1.29, 1.82) is 0 Å². The average molecular weight is 127 g/mol. The van der Waals surface area contributed by atoms with Gasteiger partial charge in [-0.25, -0.2) is 5.48 Å². The van der Waals surface area contributed by atoms with E-state index in [-0.39, 0.29) is 11.5 Å². The van der Waals surface area contributed by atoms with Crippen molar-refractivity contribution in [2.75, 3.05) is 7.11 Å². The zero-order valence-electron chi connectivity index (χ0n) is 5.31. The number of rotatable bonds is 3. The van der Waals surface area contributed by atoms with E-state index in [9.17, 15) is 4.79 Å². The van der Waals surface area contributed by atoms with Gasteiger partial charge in [0, 0.05) is 5.57 Å². The Balaban J connectivity index is 3.73. The largest absolute Gasteiger partial charge is 0.277 e. The summed E-state index contributed by atoms with van der Waals surface area (Å²) in [7, 11) is 1.36. The van der Waals surface area contributed by atoms with E-state index in [1.807, 2.05) is 0 Å². The highest BCUT2D eigenvalue weighted by Gasteiger charge is 1.98. The molecule has 0 rings (SSSR count). The van der Waals surface area contributed by atoms with Gasteiger partial charge in [-0.3, -0.25) is 9.63 Å². The van der Waals surface area contributed by atoms with E-state index in [1.54, 1.807) is 0 Å². The quantitative estimate of drug-likeness (QED) is 0.338. The molecule has 0 heterocycles. The van der Waals surface area contributed by atoms with Gasteiger partial charge in [-0.05, 0) is 0 Å². The van der Waals surface area contributed by atoms with Crippen LogP contribution in [0.4, 0.5) is 0 Å².